The average Bonchev–Trinajstić information content (AvgIpc) is 2.42. The molecule has 0 fully saturated rings. The second-order valence-electron chi connectivity index (χ2n) is 3.94. The topological polar surface area (TPSA) is 34.2 Å². The van der Waals surface area contributed by atoms with Crippen LogP contribution in [0, 0.1) is 11.6 Å². The highest BCUT2D eigenvalue weighted by atomic mass is 19.2. The van der Waals surface area contributed by atoms with Crippen LogP contribution in [-0.4, -0.2) is 11.5 Å². The average molecular weight is 264 g/mol. The van der Waals surface area contributed by atoms with E-state index in [4.69, 9.17) is 4.74 Å². The van der Waals surface area contributed by atoms with Crippen molar-refractivity contribution in [2.45, 2.75) is 13.5 Å². The Kier molecular flexibility index (Phi) is 4.41. The Morgan fingerprint density at radius 3 is 2.79 bits per heavy atom. The van der Waals surface area contributed by atoms with Crippen molar-refractivity contribution in [1.29, 1.82) is 0 Å². The number of nitrogens with zero attached hydrogens (tertiary/aromatic N) is 1. The highest BCUT2D eigenvalue weighted by Crippen LogP contribution is 2.25. The van der Waals surface area contributed by atoms with Crippen LogP contribution in [0.25, 0.3) is 0 Å². The number of rotatable bonds is 5. The predicted molar refractivity (Wildman–Crippen MR) is 68.0 cm³/mol. The van der Waals surface area contributed by atoms with Crippen LogP contribution >= 0.6 is 0 Å². The molecule has 1 N–H and O–H groups in total. The number of benzene rings is 1. The third-order valence-electron chi connectivity index (χ3n) is 2.55. The molecule has 1 aromatic carbocycles. The molecule has 0 unspecified atom stereocenters. The van der Waals surface area contributed by atoms with Crippen LogP contribution in [-0.2, 0) is 6.54 Å². The lowest BCUT2D eigenvalue weighted by atomic mass is 10.2. The first-order chi connectivity index (χ1) is 9.20. The molecule has 0 saturated carbocycles. The summed E-state index contributed by atoms with van der Waals surface area (Å²) in [5.41, 5.74) is 0.904. The van der Waals surface area contributed by atoms with Gasteiger partial charge in [-0.05, 0) is 24.7 Å². The molecule has 0 saturated heterocycles. The molecular weight excluding hydrogens is 250 g/mol. The van der Waals surface area contributed by atoms with Gasteiger partial charge in [-0.25, -0.2) is 8.78 Å². The molecule has 19 heavy (non-hydrogen) atoms. The Balaban J connectivity index is 2.20. The van der Waals surface area contributed by atoms with Gasteiger partial charge in [-0.2, -0.15) is 0 Å². The maximum absolute atomic E-state index is 13.1. The first-order valence-electron chi connectivity index (χ1n) is 5.97. The third-order valence-corrected chi connectivity index (χ3v) is 2.55. The number of halogens is 2. The summed E-state index contributed by atoms with van der Waals surface area (Å²) in [6.45, 7) is 3.45. The molecule has 0 aliphatic carbocycles. The lowest BCUT2D eigenvalue weighted by Gasteiger charge is -2.11. The summed E-state index contributed by atoms with van der Waals surface area (Å²) in [5, 5.41) is 3.17. The van der Waals surface area contributed by atoms with Gasteiger partial charge in [0.1, 0.15) is 11.5 Å². The van der Waals surface area contributed by atoms with Gasteiger partial charge in [0.25, 0.3) is 0 Å². The Morgan fingerprint density at radius 1 is 1.21 bits per heavy atom. The van der Waals surface area contributed by atoms with E-state index >= 15 is 0 Å². The molecule has 0 aliphatic heterocycles. The maximum Gasteiger partial charge on any atom is 0.162 e. The molecule has 100 valence electrons. The zero-order valence-corrected chi connectivity index (χ0v) is 10.5. The summed E-state index contributed by atoms with van der Waals surface area (Å²) in [6.07, 6.45) is 3.21. The molecule has 0 aliphatic rings. The lowest BCUT2D eigenvalue weighted by molar-refractivity contribution is 0.454. The quantitative estimate of drug-likeness (QED) is 0.900. The molecule has 3 nitrogen and oxygen atoms in total. The Morgan fingerprint density at radius 2 is 2.05 bits per heavy atom. The molecule has 0 spiro atoms. The lowest BCUT2D eigenvalue weighted by Crippen LogP contribution is -2.12. The third kappa shape index (κ3) is 3.48. The van der Waals surface area contributed by atoms with E-state index in [1.807, 2.05) is 13.0 Å². The molecule has 2 aromatic rings. The molecule has 2 rings (SSSR count). The molecule has 5 heteroatoms. The van der Waals surface area contributed by atoms with E-state index in [2.05, 4.69) is 10.3 Å². The van der Waals surface area contributed by atoms with Crippen molar-refractivity contribution < 1.29 is 13.5 Å². The van der Waals surface area contributed by atoms with Crippen LogP contribution in [0.5, 0.6) is 11.5 Å². The largest absolute Gasteiger partial charge is 0.455 e. The fraction of sp³-hybridized carbons (Fsp3) is 0.214. The summed E-state index contributed by atoms with van der Waals surface area (Å²) in [5.74, 6) is -1.07. The fourth-order valence-electron chi connectivity index (χ4n) is 1.57. The predicted octanol–water partition coefficient (Wildman–Crippen LogP) is 3.26. The molecule has 0 radical (unpaired) electrons. The van der Waals surface area contributed by atoms with E-state index in [0.717, 1.165) is 24.2 Å². The Bertz CT molecular complexity index is 561. The highest BCUT2D eigenvalue weighted by Gasteiger charge is 2.07. The maximum atomic E-state index is 13.1. The second kappa shape index (κ2) is 6.24. The fourth-order valence-corrected chi connectivity index (χ4v) is 1.57. The van der Waals surface area contributed by atoms with E-state index in [9.17, 15) is 8.78 Å². The van der Waals surface area contributed by atoms with E-state index in [1.54, 1.807) is 12.4 Å². The van der Waals surface area contributed by atoms with Gasteiger partial charge in [0.05, 0.1) is 6.20 Å². The van der Waals surface area contributed by atoms with Gasteiger partial charge in [-0.1, -0.05) is 6.92 Å². The molecule has 1 heterocycles. The van der Waals surface area contributed by atoms with Gasteiger partial charge in [0.15, 0.2) is 11.6 Å². The SMILES string of the molecule is CCNCc1ccncc1Oc1ccc(F)c(F)c1. The van der Waals surface area contributed by atoms with Gasteiger partial charge in [0, 0.05) is 24.4 Å². The normalized spacial score (nSPS) is 10.5. The van der Waals surface area contributed by atoms with Crippen LogP contribution in [0.4, 0.5) is 8.78 Å². The molecule has 1 aromatic heterocycles. The van der Waals surface area contributed by atoms with E-state index < -0.39 is 11.6 Å². The van der Waals surface area contributed by atoms with E-state index in [0.29, 0.717) is 12.3 Å². The summed E-state index contributed by atoms with van der Waals surface area (Å²) in [4.78, 5) is 3.97. The monoisotopic (exact) mass is 264 g/mol. The summed E-state index contributed by atoms with van der Waals surface area (Å²) < 4.78 is 31.5. The number of aromatic nitrogens is 1. The molecule has 0 amide bonds. The van der Waals surface area contributed by atoms with E-state index in [-0.39, 0.29) is 5.75 Å². The van der Waals surface area contributed by atoms with Crippen molar-refractivity contribution in [1.82, 2.24) is 10.3 Å². The number of hydrogen-bond donors (Lipinski definition) is 1. The van der Waals surface area contributed by atoms with Crippen molar-refractivity contribution in [3.8, 4) is 11.5 Å². The molecule has 0 atom stereocenters. The summed E-state index contributed by atoms with van der Waals surface area (Å²) in [7, 11) is 0. The number of ether oxygens (including phenoxy) is 1. The van der Waals surface area contributed by atoms with Gasteiger partial charge >= 0.3 is 0 Å². The van der Waals surface area contributed by atoms with Crippen molar-refractivity contribution in [2.75, 3.05) is 6.54 Å². The Hall–Kier alpha value is -2.01. The van der Waals surface area contributed by atoms with Crippen LogP contribution in [0.2, 0.25) is 0 Å². The van der Waals surface area contributed by atoms with E-state index in [1.165, 1.54) is 6.07 Å². The second-order valence-corrected chi connectivity index (χ2v) is 3.94. The zero-order valence-electron chi connectivity index (χ0n) is 10.5. The van der Waals surface area contributed by atoms with Gasteiger partial charge in [-0.3, -0.25) is 4.98 Å². The minimum atomic E-state index is -0.936. The minimum Gasteiger partial charge on any atom is -0.455 e. The van der Waals surface area contributed by atoms with Gasteiger partial charge in [-0.15, -0.1) is 0 Å². The molecule has 0 bridgehead atoms. The smallest absolute Gasteiger partial charge is 0.162 e. The highest BCUT2D eigenvalue weighted by molar-refractivity contribution is 5.35. The van der Waals surface area contributed by atoms with Crippen molar-refractivity contribution >= 4 is 0 Å². The van der Waals surface area contributed by atoms with Gasteiger partial charge in [0.2, 0.25) is 0 Å². The van der Waals surface area contributed by atoms with Crippen molar-refractivity contribution in [3.05, 3.63) is 53.9 Å². The number of nitrogens with one attached hydrogen (secondary N) is 1. The Labute approximate surface area is 110 Å². The molecular formula is C14H14F2N2O. The number of hydrogen-bond acceptors (Lipinski definition) is 3. The van der Waals surface area contributed by atoms with Crippen LogP contribution in [0.1, 0.15) is 12.5 Å². The minimum absolute atomic E-state index is 0.240. The summed E-state index contributed by atoms with van der Waals surface area (Å²) >= 11 is 0. The van der Waals surface area contributed by atoms with Crippen LogP contribution in [0.15, 0.2) is 36.7 Å². The first kappa shape index (κ1) is 13.4. The summed E-state index contributed by atoms with van der Waals surface area (Å²) in [6, 6.07) is 5.24. The van der Waals surface area contributed by atoms with Crippen LogP contribution < -0.4 is 10.1 Å². The van der Waals surface area contributed by atoms with Gasteiger partial charge < -0.3 is 10.1 Å². The number of pyridine rings is 1. The van der Waals surface area contributed by atoms with Crippen LogP contribution in [0.3, 0.4) is 0 Å². The zero-order chi connectivity index (χ0) is 13.7. The standard InChI is InChI=1S/C14H14F2N2O/c1-2-17-8-10-5-6-18-9-14(10)19-11-3-4-12(15)13(16)7-11/h3-7,9,17H,2,8H2,1H3. The van der Waals surface area contributed by atoms with Crippen molar-refractivity contribution in [2.24, 2.45) is 0 Å². The van der Waals surface area contributed by atoms with Crippen molar-refractivity contribution in [3.63, 3.8) is 0 Å². The first-order valence-corrected chi connectivity index (χ1v) is 5.97.